The second-order valence-electron chi connectivity index (χ2n) is 3.86. The van der Waals surface area contributed by atoms with E-state index in [2.05, 4.69) is 22.8 Å². The van der Waals surface area contributed by atoms with Gasteiger partial charge in [-0.2, -0.15) is 0 Å². The van der Waals surface area contributed by atoms with Gasteiger partial charge in [0.1, 0.15) is 0 Å². The fourth-order valence-electron chi connectivity index (χ4n) is 1.62. The molecule has 16 heavy (non-hydrogen) atoms. The third kappa shape index (κ3) is 2.86. The second-order valence-corrected chi connectivity index (χ2v) is 4.95. The Balaban J connectivity index is 2.07. The van der Waals surface area contributed by atoms with Crippen molar-refractivity contribution in [3.8, 4) is 12.3 Å². The Labute approximate surface area is 101 Å². The van der Waals surface area contributed by atoms with Crippen LogP contribution in [0.4, 0.5) is 0 Å². The Morgan fingerprint density at radius 2 is 2.31 bits per heavy atom. The predicted octanol–water partition coefficient (Wildman–Crippen LogP) is 2.33. The quantitative estimate of drug-likeness (QED) is 0.745. The topological polar surface area (TPSA) is 25.2 Å². The summed E-state index contributed by atoms with van der Waals surface area (Å²) in [6.45, 7) is 2.14. The van der Waals surface area contributed by atoms with Crippen LogP contribution in [0.2, 0.25) is 0 Å². The second kappa shape index (κ2) is 5.18. The van der Waals surface area contributed by atoms with Gasteiger partial charge < -0.3 is 0 Å². The van der Waals surface area contributed by atoms with E-state index in [0.29, 0.717) is 12.5 Å². The molecule has 0 spiro atoms. The molecule has 1 unspecified atom stereocenters. The van der Waals surface area contributed by atoms with E-state index in [4.69, 9.17) is 6.42 Å². The van der Waals surface area contributed by atoms with Crippen molar-refractivity contribution in [1.82, 2.24) is 4.98 Å². The summed E-state index contributed by atoms with van der Waals surface area (Å²) < 4.78 is 0. The van der Waals surface area contributed by atoms with E-state index in [1.54, 1.807) is 0 Å². The number of aromatic nitrogens is 1. The van der Waals surface area contributed by atoms with Crippen molar-refractivity contribution in [1.29, 1.82) is 0 Å². The predicted molar refractivity (Wildman–Crippen MR) is 69.8 cm³/mol. The molecule has 0 saturated heterocycles. The van der Waals surface area contributed by atoms with Crippen molar-refractivity contribution in [2.45, 2.75) is 25.8 Å². The van der Waals surface area contributed by atoms with Gasteiger partial charge in [-0.15, -0.1) is 24.1 Å². The van der Waals surface area contributed by atoms with Gasteiger partial charge >= 0.3 is 0 Å². The molecule has 1 aliphatic rings. The summed E-state index contributed by atoms with van der Waals surface area (Å²) >= 11 is 1.83. The lowest BCUT2D eigenvalue weighted by Crippen LogP contribution is -2.00. The van der Waals surface area contributed by atoms with Crippen LogP contribution in [0, 0.1) is 12.3 Å². The van der Waals surface area contributed by atoms with E-state index in [1.165, 1.54) is 5.04 Å². The van der Waals surface area contributed by atoms with Crippen molar-refractivity contribution in [3.05, 3.63) is 29.6 Å². The molecule has 1 aliphatic heterocycles. The summed E-state index contributed by atoms with van der Waals surface area (Å²) in [7, 11) is 0. The first-order valence-electron chi connectivity index (χ1n) is 5.35. The zero-order valence-corrected chi connectivity index (χ0v) is 10.1. The number of terminal acetylenes is 1. The van der Waals surface area contributed by atoms with Crippen LogP contribution < -0.4 is 0 Å². The fraction of sp³-hybridized carbons (Fsp3) is 0.385. The van der Waals surface area contributed by atoms with E-state index in [-0.39, 0.29) is 0 Å². The Bertz CT molecular complexity index is 445. The highest BCUT2D eigenvalue weighted by atomic mass is 32.2. The minimum Gasteiger partial charge on any atom is -0.279 e. The minimum atomic E-state index is 0.453. The van der Waals surface area contributed by atoms with Gasteiger partial charge in [-0.1, -0.05) is 6.07 Å². The molecule has 1 atom stereocenters. The van der Waals surface area contributed by atoms with Gasteiger partial charge in [-0.3, -0.25) is 9.98 Å². The molecule has 2 rings (SSSR count). The monoisotopic (exact) mass is 230 g/mol. The number of hydrogen-bond donors (Lipinski definition) is 0. The van der Waals surface area contributed by atoms with Crippen LogP contribution in [0.3, 0.4) is 0 Å². The summed E-state index contributed by atoms with van der Waals surface area (Å²) in [6.07, 6.45) is 6.72. The maximum Gasteiger partial charge on any atom is 0.0740 e. The number of pyridine rings is 1. The molecule has 0 amide bonds. The molecule has 0 bridgehead atoms. The zero-order chi connectivity index (χ0) is 11.4. The van der Waals surface area contributed by atoms with Crippen molar-refractivity contribution in [2.24, 2.45) is 4.99 Å². The first-order valence-corrected chi connectivity index (χ1v) is 6.34. The summed E-state index contributed by atoms with van der Waals surface area (Å²) in [5, 5.41) is 1.19. The maximum absolute atomic E-state index is 5.27. The van der Waals surface area contributed by atoms with Crippen LogP contribution in [0.1, 0.15) is 18.3 Å². The van der Waals surface area contributed by atoms with E-state index in [1.807, 2.05) is 30.0 Å². The highest BCUT2D eigenvalue weighted by Gasteiger charge is 2.14. The maximum atomic E-state index is 5.27. The van der Waals surface area contributed by atoms with Crippen molar-refractivity contribution >= 4 is 16.8 Å². The molecule has 2 heterocycles. The molecule has 3 heteroatoms. The molecule has 0 aliphatic carbocycles. The summed E-state index contributed by atoms with van der Waals surface area (Å²) in [6, 6.07) is 6.47. The highest BCUT2D eigenvalue weighted by Crippen LogP contribution is 2.20. The summed E-state index contributed by atoms with van der Waals surface area (Å²) in [4.78, 5) is 9.07. The summed E-state index contributed by atoms with van der Waals surface area (Å²) in [5.74, 6) is 3.71. The smallest absolute Gasteiger partial charge is 0.0740 e. The first kappa shape index (κ1) is 11.2. The molecule has 0 saturated carbocycles. The van der Waals surface area contributed by atoms with Gasteiger partial charge in [0.2, 0.25) is 0 Å². The van der Waals surface area contributed by atoms with Gasteiger partial charge in [0.15, 0.2) is 0 Å². The van der Waals surface area contributed by atoms with Gasteiger partial charge in [-0.25, -0.2) is 0 Å². The lowest BCUT2D eigenvalue weighted by Gasteiger charge is -2.01. The van der Waals surface area contributed by atoms with E-state index >= 15 is 0 Å². The van der Waals surface area contributed by atoms with Crippen LogP contribution in [-0.4, -0.2) is 21.8 Å². The van der Waals surface area contributed by atoms with Crippen molar-refractivity contribution in [3.63, 3.8) is 0 Å². The Morgan fingerprint density at radius 3 is 3.00 bits per heavy atom. The van der Waals surface area contributed by atoms with E-state index < -0.39 is 0 Å². The van der Waals surface area contributed by atoms with Gasteiger partial charge in [0, 0.05) is 17.9 Å². The molecule has 1 aromatic rings. The van der Waals surface area contributed by atoms with Gasteiger partial charge in [0.25, 0.3) is 0 Å². The van der Waals surface area contributed by atoms with E-state index in [0.717, 1.165) is 23.6 Å². The molecule has 1 aromatic heterocycles. The fourth-order valence-corrected chi connectivity index (χ4v) is 2.63. The van der Waals surface area contributed by atoms with Crippen LogP contribution in [0.25, 0.3) is 0 Å². The van der Waals surface area contributed by atoms with Crippen LogP contribution in [0.15, 0.2) is 23.2 Å². The van der Waals surface area contributed by atoms with E-state index in [9.17, 15) is 0 Å². The number of rotatable bonds is 3. The third-order valence-electron chi connectivity index (χ3n) is 2.34. The lowest BCUT2D eigenvalue weighted by molar-refractivity contribution is 0.862. The number of hydrogen-bond acceptors (Lipinski definition) is 3. The average Bonchev–Trinajstić information content (AvgIpc) is 2.65. The molecular weight excluding hydrogens is 216 g/mol. The molecule has 2 nitrogen and oxygen atoms in total. The van der Waals surface area contributed by atoms with Crippen LogP contribution in [0.5, 0.6) is 0 Å². The average molecular weight is 230 g/mol. The molecule has 0 aromatic carbocycles. The Hall–Kier alpha value is -1.27. The third-order valence-corrected chi connectivity index (χ3v) is 3.57. The first-order chi connectivity index (χ1) is 7.78. The number of nitrogens with zero attached hydrogens (tertiary/aromatic N) is 2. The standard InChI is InChI=1S/C13H14N2S/c1-3-5-11-6-4-7-12(15-11)8-13-14-10(2)9-16-13/h1,4,6-7,10H,5,8-9H2,2H3. The molecule has 0 fully saturated rings. The van der Waals surface area contributed by atoms with Gasteiger partial charge in [0.05, 0.1) is 23.2 Å². The normalized spacial score (nSPS) is 19.2. The molecule has 0 radical (unpaired) electrons. The van der Waals surface area contributed by atoms with Crippen LogP contribution in [-0.2, 0) is 12.8 Å². The molecular formula is C13H14N2S. The zero-order valence-electron chi connectivity index (χ0n) is 9.31. The summed E-state index contributed by atoms with van der Waals surface area (Å²) in [5.41, 5.74) is 2.03. The number of thioether (sulfide) groups is 1. The van der Waals surface area contributed by atoms with Crippen molar-refractivity contribution < 1.29 is 0 Å². The Kier molecular flexibility index (Phi) is 3.63. The lowest BCUT2D eigenvalue weighted by atomic mass is 10.2. The molecule has 82 valence electrons. The minimum absolute atomic E-state index is 0.453. The largest absolute Gasteiger partial charge is 0.279 e. The molecule has 0 N–H and O–H groups in total. The van der Waals surface area contributed by atoms with Gasteiger partial charge in [-0.05, 0) is 19.1 Å². The van der Waals surface area contributed by atoms with Crippen molar-refractivity contribution in [2.75, 3.05) is 5.75 Å². The Morgan fingerprint density at radius 1 is 1.50 bits per heavy atom. The SMILES string of the molecule is C#CCc1cccc(CC2=NC(C)CS2)n1. The van der Waals surface area contributed by atoms with Crippen LogP contribution >= 0.6 is 11.8 Å². The highest BCUT2D eigenvalue weighted by molar-refractivity contribution is 8.14. The number of aliphatic imine (C=N–C) groups is 1.